The molecule has 0 radical (unpaired) electrons. The lowest BCUT2D eigenvalue weighted by Gasteiger charge is -1.97. The average Bonchev–Trinajstić information content (AvgIpc) is 2.09. The molecule has 0 amide bonds. The molecule has 0 saturated heterocycles. The van der Waals surface area contributed by atoms with Crippen molar-refractivity contribution in [1.82, 2.24) is 0 Å². The second kappa shape index (κ2) is 4.73. The van der Waals surface area contributed by atoms with Crippen LogP contribution in [0.25, 0.3) is 6.08 Å². The van der Waals surface area contributed by atoms with Crippen LogP contribution in [0.4, 0.5) is 0 Å². The van der Waals surface area contributed by atoms with Gasteiger partial charge in [-0.05, 0) is 18.1 Å². The maximum Gasteiger partial charge on any atom is 0.0646 e. The zero-order valence-corrected chi connectivity index (χ0v) is 7.58. The Morgan fingerprint density at radius 3 is 2.75 bits per heavy atom. The molecule has 1 heteroatoms. The molecule has 12 heavy (non-hydrogen) atoms. The normalized spacial score (nSPS) is 10.8. The summed E-state index contributed by atoms with van der Waals surface area (Å²) in [7, 11) is 1.70. The number of hydrogen-bond donors (Lipinski definition) is 0. The largest absolute Gasteiger partial charge is 0.381 e. The summed E-state index contributed by atoms with van der Waals surface area (Å²) in [6, 6.07) is 8.29. The van der Waals surface area contributed by atoms with Gasteiger partial charge in [0.05, 0.1) is 6.61 Å². The molecule has 0 unspecified atom stereocenters. The minimum Gasteiger partial charge on any atom is -0.381 e. The molecule has 1 aromatic carbocycles. The number of aryl methyl sites for hydroxylation is 1. The summed E-state index contributed by atoms with van der Waals surface area (Å²) in [4.78, 5) is 0. The van der Waals surface area contributed by atoms with Gasteiger partial charge in [-0.1, -0.05) is 36.4 Å². The third-order valence-electron chi connectivity index (χ3n) is 1.75. The summed E-state index contributed by atoms with van der Waals surface area (Å²) in [5, 5.41) is 0. The highest BCUT2D eigenvalue weighted by Gasteiger charge is 1.89. The number of benzene rings is 1. The van der Waals surface area contributed by atoms with Crippen LogP contribution in [0, 0.1) is 6.92 Å². The molecule has 0 atom stereocenters. The van der Waals surface area contributed by atoms with Crippen LogP contribution in [0.3, 0.4) is 0 Å². The van der Waals surface area contributed by atoms with E-state index in [2.05, 4.69) is 25.1 Å². The monoisotopic (exact) mass is 162 g/mol. The van der Waals surface area contributed by atoms with Gasteiger partial charge >= 0.3 is 0 Å². The van der Waals surface area contributed by atoms with Gasteiger partial charge < -0.3 is 4.74 Å². The summed E-state index contributed by atoms with van der Waals surface area (Å²) in [5.41, 5.74) is 2.56. The number of methoxy groups -OCH3 is 1. The molecule has 0 fully saturated rings. The van der Waals surface area contributed by atoms with Crippen molar-refractivity contribution < 1.29 is 4.74 Å². The predicted molar refractivity (Wildman–Crippen MR) is 52.1 cm³/mol. The van der Waals surface area contributed by atoms with Gasteiger partial charge in [-0.3, -0.25) is 0 Å². The molecule has 0 aliphatic heterocycles. The van der Waals surface area contributed by atoms with Crippen LogP contribution in [-0.2, 0) is 4.74 Å². The first-order chi connectivity index (χ1) is 5.84. The molecule has 0 bridgehead atoms. The van der Waals surface area contributed by atoms with Gasteiger partial charge in [0.15, 0.2) is 0 Å². The van der Waals surface area contributed by atoms with Gasteiger partial charge in [0.1, 0.15) is 0 Å². The molecule has 0 aliphatic carbocycles. The Morgan fingerprint density at radius 2 is 2.08 bits per heavy atom. The van der Waals surface area contributed by atoms with Crippen molar-refractivity contribution in [2.24, 2.45) is 0 Å². The Bertz CT molecular complexity index is 263. The fourth-order valence-corrected chi connectivity index (χ4v) is 1.05. The van der Waals surface area contributed by atoms with Gasteiger partial charge in [0.25, 0.3) is 0 Å². The van der Waals surface area contributed by atoms with Crippen molar-refractivity contribution in [3.63, 3.8) is 0 Å². The summed E-state index contributed by atoms with van der Waals surface area (Å²) >= 11 is 0. The van der Waals surface area contributed by atoms with Gasteiger partial charge in [-0.15, -0.1) is 0 Å². The molecule has 0 aliphatic rings. The van der Waals surface area contributed by atoms with Gasteiger partial charge in [0.2, 0.25) is 0 Å². The van der Waals surface area contributed by atoms with Crippen LogP contribution in [0.2, 0.25) is 0 Å². The lowest BCUT2D eigenvalue weighted by atomic mass is 10.1. The van der Waals surface area contributed by atoms with E-state index < -0.39 is 0 Å². The minimum absolute atomic E-state index is 0.675. The Balaban J connectivity index is 2.68. The van der Waals surface area contributed by atoms with Crippen LogP contribution < -0.4 is 0 Å². The van der Waals surface area contributed by atoms with E-state index in [1.807, 2.05) is 18.2 Å². The summed E-state index contributed by atoms with van der Waals surface area (Å²) in [5.74, 6) is 0. The average molecular weight is 162 g/mol. The van der Waals surface area contributed by atoms with Crippen molar-refractivity contribution in [1.29, 1.82) is 0 Å². The van der Waals surface area contributed by atoms with E-state index in [1.54, 1.807) is 7.11 Å². The first-order valence-corrected chi connectivity index (χ1v) is 4.05. The molecule has 1 nitrogen and oxygen atoms in total. The molecule has 1 aromatic rings. The quantitative estimate of drug-likeness (QED) is 0.664. The van der Waals surface area contributed by atoms with E-state index in [9.17, 15) is 0 Å². The van der Waals surface area contributed by atoms with Crippen LogP contribution in [0.15, 0.2) is 30.3 Å². The van der Waals surface area contributed by atoms with Crippen molar-refractivity contribution in [3.8, 4) is 0 Å². The van der Waals surface area contributed by atoms with Crippen LogP contribution in [0.5, 0.6) is 0 Å². The van der Waals surface area contributed by atoms with Crippen molar-refractivity contribution >= 4 is 6.08 Å². The molecule has 0 heterocycles. The first-order valence-electron chi connectivity index (χ1n) is 4.05. The third-order valence-corrected chi connectivity index (χ3v) is 1.75. The van der Waals surface area contributed by atoms with E-state index in [0.717, 1.165) is 0 Å². The minimum atomic E-state index is 0.675. The zero-order valence-electron chi connectivity index (χ0n) is 7.58. The van der Waals surface area contributed by atoms with Crippen LogP contribution >= 0.6 is 0 Å². The lowest BCUT2D eigenvalue weighted by molar-refractivity contribution is 0.234. The SMILES string of the molecule is COC/C=C/c1ccccc1C. The van der Waals surface area contributed by atoms with Crippen molar-refractivity contribution in [2.75, 3.05) is 13.7 Å². The van der Waals surface area contributed by atoms with Crippen LogP contribution in [-0.4, -0.2) is 13.7 Å². The topological polar surface area (TPSA) is 9.23 Å². The van der Waals surface area contributed by atoms with Gasteiger partial charge in [0, 0.05) is 7.11 Å². The van der Waals surface area contributed by atoms with Gasteiger partial charge in [-0.25, -0.2) is 0 Å². The number of hydrogen-bond acceptors (Lipinski definition) is 1. The Labute approximate surface area is 73.7 Å². The first kappa shape index (κ1) is 9.01. The summed E-state index contributed by atoms with van der Waals surface area (Å²) < 4.78 is 4.92. The van der Waals surface area contributed by atoms with E-state index in [0.29, 0.717) is 6.61 Å². The van der Waals surface area contributed by atoms with Crippen molar-refractivity contribution in [3.05, 3.63) is 41.5 Å². The standard InChI is InChI=1S/C11H14O/c1-10-6-3-4-7-11(10)8-5-9-12-2/h3-8H,9H2,1-2H3/b8-5+. The van der Waals surface area contributed by atoms with E-state index >= 15 is 0 Å². The lowest BCUT2D eigenvalue weighted by Crippen LogP contribution is -1.82. The maximum atomic E-state index is 4.92. The molecule has 0 N–H and O–H groups in total. The Hall–Kier alpha value is -1.08. The molecule has 0 aromatic heterocycles. The van der Waals surface area contributed by atoms with Crippen molar-refractivity contribution in [2.45, 2.75) is 6.92 Å². The highest BCUT2D eigenvalue weighted by atomic mass is 16.5. The molecular formula is C11H14O. The molecular weight excluding hydrogens is 148 g/mol. The summed E-state index contributed by atoms with van der Waals surface area (Å²) in [6.45, 7) is 2.78. The molecule has 0 spiro atoms. The highest BCUT2D eigenvalue weighted by molar-refractivity contribution is 5.53. The van der Waals surface area contributed by atoms with E-state index in [4.69, 9.17) is 4.74 Å². The number of ether oxygens (including phenoxy) is 1. The molecule has 1 rings (SSSR count). The molecule has 0 saturated carbocycles. The highest BCUT2D eigenvalue weighted by Crippen LogP contribution is 2.08. The third kappa shape index (κ3) is 2.51. The fourth-order valence-electron chi connectivity index (χ4n) is 1.05. The second-order valence-electron chi connectivity index (χ2n) is 2.71. The summed E-state index contributed by atoms with van der Waals surface area (Å²) in [6.07, 6.45) is 4.10. The zero-order chi connectivity index (χ0) is 8.81. The Kier molecular flexibility index (Phi) is 3.55. The number of rotatable bonds is 3. The van der Waals surface area contributed by atoms with Gasteiger partial charge in [-0.2, -0.15) is 0 Å². The molecule has 64 valence electrons. The van der Waals surface area contributed by atoms with E-state index in [-0.39, 0.29) is 0 Å². The second-order valence-corrected chi connectivity index (χ2v) is 2.71. The predicted octanol–water partition coefficient (Wildman–Crippen LogP) is 2.65. The fraction of sp³-hybridized carbons (Fsp3) is 0.273. The smallest absolute Gasteiger partial charge is 0.0646 e. The van der Waals surface area contributed by atoms with E-state index in [1.165, 1.54) is 11.1 Å². The maximum absolute atomic E-state index is 4.92. The van der Waals surface area contributed by atoms with Crippen LogP contribution in [0.1, 0.15) is 11.1 Å². The Morgan fingerprint density at radius 1 is 1.33 bits per heavy atom.